The van der Waals surface area contributed by atoms with Gasteiger partial charge in [0.2, 0.25) is 0 Å². The Balaban J connectivity index is 1.35. The molecule has 3 aliphatic rings. The molecular weight excluding hydrogens is 290 g/mol. The van der Waals surface area contributed by atoms with E-state index in [9.17, 15) is 0 Å². The zero-order valence-corrected chi connectivity index (χ0v) is 13.6. The molecule has 0 radical (unpaired) electrons. The van der Waals surface area contributed by atoms with Crippen molar-refractivity contribution < 1.29 is 9.47 Å². The molecule has 5 nitrogen and oxygen atoms in total. The molecule has 0 aliphatic carbocycles. The Bertz CT molecular complexity index is 564. The molecule has 0 aromatic heterocycles. The molecule has 0 saturated carbocycles. The van der Waals surface area contributed by atoms with E-state index in [0.29, 0.717) is 24.8 Å². The van der Waals surface area contributed by atoms with E-state index in [4.69, 9.17) is 14.5 Å². The van der Waals surface area contributed by atoms with Gasteiger partial charge in [0.25, 0.3) is 0 Å². The van der Waals surface area contributed by atoms with Gasteiger partial charge in [-0.25, -0.2) is 4.99 Å². The van der Waals surface area contributed by atoms with E-state index < -0.39 is 0 Å². The van der Waals surface area contributed by atoms with E-state index in [1.807, 2.05) is 12.1 Å². The topological polar surface area (TPSA) is 54.9 Å². The van der Waals surface area contributed by atoms with Crippen molar-refractivity contribution in [3.05, 3.63) is 29.8 Å². The first-order valence-electron chi connectivity index (χ1n) is 8.76. The van der Waals surface area contributed by atoms with Crippen LogP contribution < -0.4 is 15.4 Å². The van der Waals surface area contributed by atoms with E-state index in [0.717, 1.165) is 31.1 Å². The predicted molar refractivity (Wildman–Crippen MR) is 90.0 cm³/mol. The molecule has 4 rings (SSSR count). The summed E-state index contributed by atoms with van der Waals surface area (Å²) in [6, 6.07) is 8.65. The summed E-state index contributed by atoms with van der Waals surface area (Å²) in [7, 11) is 0. The first-order chi connectivity index (χ1) is 11.3. The molecule has 2 fully saturated rings. The second kappa shape index (κ2) is 6.40. The van der Waals surface area contributed by atoms with Crippen molar-refractivity contribution in [2.24, 2.45) is 4.99 Å². The maximum atomic E-state index is 5.97. The summed E-state index contributed by atoms with van der Waals surface area (Å²) < 4.78 is 11.9. The molecule has 0 amide bonds. The summed E-state index contributed by atoms with van der Waals surface area (Å²) in [5, 5.41) is 6.89. The van der Waals surface area contributed by atoms with Gasteiger partial charge in [0.1, 0.15) is 11.9 Å². The third-order valence-electron chi connectivity index (χ3n) is 4.94. The lowest BCUT2D eigenvalue weighted by Gasteiger charge is -2.23. The molecule has 3 heterocycles. The Morgan fingerprint density at radius 1 is 1.30 bits per heavy atom. The highest BCUT2D eigenvalue weighted by Crippen LogP contribution is 2.34. The smallest absolute Gasteiger partial charge is 0.191 e. The fourth-order valence-electron chi connectivity index (χ4n) is 3.83. The van der Waals surface area contributed by atoms with E-state index in [1.165, 1.54) is 18.4 Å². The van der Waals surface area contributed by atoms with Crippen LogP contribution in [0.2, 0.25) is 0 Å². The molecule has 5 heteroatoms. The number of para-hydroxylation sites is 1. The van der Waals surface area contributed by atoms with Crippen molar-refractivity contribution >= 4 is 5.96 Å². The zero-order chi connectivity index (χ0) is 15.6. The van der Waals surface area contributed by atoms with Gasteiger partial charge < -0.3 is 20.1 Å². The number of guanidine groups is 1. The highest BCUT2D eigenvalue weighted by molar-refractivity contribution is 5.80. The highest BCUT2D eigenvalue weighted by Gasteiger charge is 2.41. The van der Waals surface area contributed by atoms with Crippen LogP contribution in [0.25, 0.3) is 0 Å². The van der Waals surface area contributed by atoms with Crippen LogP contribution in [0.3, 0.4) is 0 Å². The molecule has 1 aromatic rings. The average Bonchev–Trinajstić information content (AvgIpc) is 3.27. The summed E-state index contributed by atoms with van der Waals surface area (Å²) >= 11 is 0. The fourth-order valence-corrected chi connectivity index (χ4v) is 3.83. The summed E-state index contributed by atoms with van der Waals surface area (Å²) in [5.41, 5.74) is 1.28. The van der Waals surface area contributed by atoms with Crippen LogP contribution >= 0.6 is 0 Å². The molecule has 0 spiro atoms. The minimum Gasteiger partial charge on any atom is -0.488 e. The van der Waals surface area contributed by atoms with Gasteiger partial charge in [-0.15, -0.1) is 0 Å². The highest BCUT2D eigenvalue weighted by atomic mass is 16.5. The Labute approximate surface area is 137 Å². The van der Waals surface area contributed by atoms with Crippen LogP contribution in [0, 0.1) is 0 Å². The number of ether oxygens (including phenoxy) is 2. The first kappa shape index (κ1) is 14.8. The molecule has 124 valence electrons. The number of aliphatic imine (C=N–C) groups is 1. The Morgan fingerprint density at radius 2 is 2.22 bits per heavy atom. The third kappa shape index (κ3) is 3.15. The van der Waals surface area contributed by atoms with Crippen molar-refractivity contribution in [3.8, 4) is 5.75 Å². The lowest BCUT2D eigenvalue weighted by Crippen LogP contribution is -2.47. The minimum atomic E-state index is 0.138. The normalized spacial score (nSPS) is 31.8. The van der Waals surface area contributed by atoms with Crippen molar-refractivity contribution in [1.82, 2.24) is 10.6 Å². The standard InChI is InChI=1S/C18H25N3O2/c1-2-19-18(21-15-10-13-7-8-17(15)22-13)20-11-14-9-12-5-3-4-6-16(12)23-14/h3-6,13-15,17H,2,7-11H2,1H3,(H2,19,20,21). The zero-order valence-electron chi connectivity index (χ0n) is 13.6. The van der Waals surface area contributed by atoms with Crippen LogP contribution in [-0.2, 0) is 11.2 Å². The monoisotopic (exact) mass is 315 g/mol. The molecule has 2 bridgehead atoms. The molecular formula is C18H25N3O2. The van der Waals surface area contributed by atoms with Gasteiger partial charge in [0, 0.05) is 13.0 Å². The Hall–Kier alpha value is -1.75. The molecule has 4 unspecified atom stereocenters. The number of nitrogens with zero attached hydrogens (tertiary/aromatic N) is 1. The van der Waals surface area contributed by atoms with Crippen LogP contribution in [0.15, 0.2) is 29.3 Å². The fraction of sp³-hybridized carbons (Fsp3) is 0.611. The molecule has 2 N–H and O–H groups in total. The average molecular weight is 315 g/mol. The minimum absolute atomic E-state index is 0.138. The van der Waals surface area contributed by atoms with Crippen LogP contribution in [-0.4, -0.2) is 43.4 Å². The van der Waals surface area contributed by atoms with Gasteiger partial charge in [0.05, 0.1) is 24.8 Å². The Kier molecular flexibility index (Phi) is 4.12. The second-order valence-corrected chi connectivity index (χ2v) is 6.63. The SMILES string of the molecule is CCNC(=NCC1Cc2ccccc2O1)NC1CC2CCC1O2. The van der Waals surface area contributed by atoms with E-state index in [-0.39, 0.29) is 6.10 Å². The van der Waals surface area contributed by atoms with Gasteiger partial charge in [0.15, 0.2) is 5.96 Å². The second-order valence-electron chi connectivity index (χ2n) is 6.63. The number of benzene rings is 1. The number of hydrogen-bond donors (Lipinski definition) is 2. The maximum absolute atomic E-state index is 5.97. The Morgan fingerprint density at radius 3 is 2.96 bits per heavy atom. The number of fused-ring (bicyclic) bond motifs is 3. The van der Waals surface area contributed by atoms with Gasteiger partial charge in [-0.05, 0) is 37.8 Å². The van der Waals surface area contributed by atoms with Crippen molar-refractivity contribution in [1.29, 1.82) is 0 Å². The van der Waals surface area contributed by atoms with Gasteiger partial charge in [-0.1, -0.05) is 18.2 Å². The summed E-state index contributed by atoms with van der Waals surface area (Å²) in [6.45, 7) is 3.63. The first-order valence-corrected chi connectivity index (χ1v) is 8.76. The third-order valence-corrected chi connectivity index (χ3v) is 4.94. The van der Waals surface area contributed by atoms with Gasteiger partial charge in [-0.2, -0.15) is 0 Å². The van der Waals surface area contributed by atoms with Crippen molar-refractivity contribution in [2.75, 3.05) is 13.1 Å². The van der Waals surface area contributed by atoms with Crippen molar-refractivity contribution in [2.45, 2.75) is 57.0 Å². The van der Waals surface area contributed by atoms with E-state index in [2.05, 4.69) is 29.7 Å². The van der Waals surface area contributed by atoms with Gasteiger partial charge >= 0.3 is 0 Å². The van der Waals surface area contributed by atoms with E-state index >= 15 is 0 Å². The summed E-state index contributed by atoms with van der Waals surface area (Å²) in [5.74, 6) is 1.89. The molecule has 4 atom stereocenters. The van der Waals surface area contributed by atoms with E-state index in [1.54, 1.807) is 0 Å². The van der Waals surface area contributed by atoms with Crippen molar-refractivity contribution in [3.63, 3.8) is 0 Å². The number of rotatable bonds is 4. The molecule has 23 heavy (non-hydrogen) atoms. The summed E-state index contributed by atoms with van der Waals surface area (Å²) in [6.07, 6.45) is 5.37. The predicted octanol–water partition coefficient (Wildman–Crippen LogP) is 1.87. The van der Waals surface area contributed by atoms with Crippen LogP contribution in [0.5, 0.6) is 5.75 Å². The number of hydrogen-bond acceptors (Lipinski definition) is 3. The number of nitrogens with one attached hydrogen (secondary N) is 2. The lowest BCUT2D eigenvalue weighted by atomic mass is 9.96. The summed E-state index contributed by atoms with van der Waals surface area (Å²) in [4.78, 5) is 4.74. The maximum Gasteiger partial charge on any atom is 0.191 e. The van der Waals surface area contributed by atoms with Crippen LogP contribution in [0.4, 0.5) is 0 Å². The van der Waals surface area contributed by atoms with Crippen LogP contribution in [0.1, 0.15) is 31.7 Å². The lowest BCUT2D eigenvalue weighted by molar-refractivity contribution is 0.0992. The van der Waals surface area contributed by atoms with Gasteiger partial charge in [-0.3, -0.25) is 0 Å². The largest absolute Gasteiger partial charge is 0.488 e. The molecule has 3 aliphatic heterocycles. The molecule has 1 aromatic carbocycles. The molecule has 2 saturated heterocycles. The quantitative estimate of drug-likeness (QED) is 0.658.